The van der Waals surface area contributed by atoms with Gasteiger partial charge in [0.15, 0.2) is 0 Å². The van der Waals surface area contributed by atoms with Crippen LogP contribution < -0.4 is 10.6 Å². The first-order chi connectivity index (χ1) is 16.9. The fraction of sp³-hybridized carbons (Fsp3) is 0.304. The summed E-state index contributed by atoms with van der Waals surface area (Å²) in [5.74, 6) is -0.110. The molecule has 5 rings (SSSR count). The first-order valence-electron chi connectivity index (χ1n) is 10.8. The van der Waals surface area contributed by atoms with Crippen molar-refractivity contribution in [3.05, 3.63) is 65.3 Å². The van der Waals surface area contributed by atoms with Crippen LogP contribution in [-0.2, 0) is 5.54 Å². The van der Waals surface area contributed by atoms with E-state index in [1.165, 1.54) is 23.3 Å². The van der Waals surface area contributed by atoms with Gasteiger partial charge in [0.25, 0.3) is 6.43 Å². The highest BCUT2D eigenvalue weighted by atomic mass is 19.3. The van der Waals surface area contributed by atoms with Gasteiger partial charge in [0.1, 0.15) is 29.4 Å². The van der Waals surface area contributed by atoms with E-state index in [1.54, 1.807) is 32.2 Å². The van der Waals surface area contributed by atoms with E-state index in [4.69, 9.17) is 0 Å². The van der Waals surface area contributed by atoms with Crippen LogP contribution in [0.5, 0.6) is 0 Å². The first kappa shape index (κ1) is 22.5. The Kier molecular flexibility index (Phi) is 5.47. The lowest BCUT2D eigenvalue weighted by Gasteiger charge is -2.21. The van der Waals surface area contributed by atoms with Crippen LogP contribution in [0.15, 0.2) is 36.8 Å². The van der Waals surface area contributed by atoms with Crippen molar-refractivity contribution in [3.8, 4) is 6.07 Å². The van der Waals surface area contributed by atoms with Crippen LogP contribution in [0.4, 0.5) is 24.7 Å². The third kappa shape index (κ3) is 3.88. The van der Waals surface area contributed by atoms with Gasteiger partial charge in [-0.05, 0) is 38.0 Å². The highest BCUT2D eigenvalue weighted by Crippen LogP contribution is 2.48. The molecule has 0 bridgehead atoms. The van der Waals surface area contributed by atoms with Gasteiger partial charge in [0.2, 0.25) is 5.95 Å². The predicted octanol–water partition coefficient (Wildman–Crippen LogP) is 3.93. The molecule has 0 radical (unpaired) electrons. The number of pyridine rings is 1. The monoisotopic (exact) mass is 479 g/mol. The third-order valence-corrected chi connectivity index (χ3v) is 6.24. The number of halogens is 3. The number of anilines is 2. The second kappa shape index (κ2) is 8.50. The number of fused-ring (bicyclic) bond motifs is 1. The molecule has 1 saturated carbocycles. The van der Waals surface area contributed by atoms with Crippen molar-refractivity contribution < 1.29 is 13.2 Å². The summed E-state index contributed by atoms with van der Waals surface area (Å²) in [5, 5.41) is 24.8. The Labute approximate surface area is 198 Å². The number of hydrogen-bond acceptors (Lipinski definition) is 8. The normalized spacial score (nSPS) is 15.1. The highest BCUT2D eigenvalue weighted by molar-refractivity contribution is 5.95. The van der Waals surface area contributed by atoms with Crippen molar-refractivity contribution >= 4 is 22.4 Å². The quantitative estimate of drug-likeness (QED) is 0.383. The molecule has 1 aliphatic rings. The van der Waals surface area contributed by atoms with Gasteiger partial charge >= 0.3 is 0 Å². The molecule has 9 nitrogen and oxygen atoms in total. The van der Waals surface area contributed by atoms with Crippen LogP contribution in [0.2, 0.25) is 0 Å². The van der Waals surface area contributed by atoms with Gasteiger partial charge in [0, 0.05) is 29.4 Å². The summed E-state index contributed by atoms with van der Waals surface area (Å²) in [6, 6.07) is 7.61. The van der Waals surface area contributed by atoms with Crippen LogP contribution in [0.3, 0.4) is 0 Å². The molecule has 35 heavy (non-hydrogen) atoms. The summed E-state index contributed by atoms with van der Waals surface area (Å²) in [4.78, 5) is 12.3. The summed E-state index contributed by atoms with van der Waals surface area (Å²) < 4.78 is 42.3. The molecular weight excluding hydrogens is 459 g/mol. The minimum atomic E-state index is -2.57. The van der Waals surface area contributed by atoms with E-state index in [2.05, 4.69) is 42.0 Å². The average molecular weight is 479 g/mol. The Bertz CT molecular complexity index is 1460. The Morgan fingerprint density at radius 1 is 1.20 bits per heavy atom. The number of aryl methyl sites for hydroxylation is 1. The Morgan fingerprint density at radius 3 is 2.66 bits per heavy atom. The van der Waals surface area contributed by atoms with Gasteiger partial charge in [-0.2, -0.15) is 9.65 Å². The smallest absolute Gasteiger partial charge is 0.263 e. The SMILES string of the molecule is CNc1ncnc2c(C#N)cc(N[C@H](c3cn(C4(C(F)F)CC4)nn3)c3ccc(F)nc3C)cc12. The van der Waals surface area contributed by atoms with Crippen LogP contribution in [0.1, 0.15) is 41.4 Å². The molecule has 12 heteroatoms. The number of aromatic nitrogens is 6. The lowest BCUT2D eigenvalue weighted by atomic mass is 10.0. The predicted molar refractivity (Wildman–Crippen MR) is 121 cm³/mol. The topological polar surface area (TPSA) is 117 Å². The zero-order valence-electron chi connectivity index (χ0n) is 18.8. The minimum Gasteiger partial charge on any atom is -0.373 e. The van der Waals surface area contributed by atoms with Crippen LogP contribution in [0.25, 0.3) is 10.9 Å². The zero-order chi connectivity index (χ0) is 24.7. The largest absolute Gasteiger partial charge is 0.373 e. The van der Waals surface area contributed by atoms with Crippen molar-refractivity contribution in [2.24, 2.45) is 0 Å². The van der Waals surface area contributed by atoms with Gasteiger partial charge in [-0.25, -0.2) is 28.4 Å². The van der Waals surface area contributed by atoms with E-state index in [0.29, 0.717) is 57.8 Å². The van der Waals surface area contributed by atoms with Crippen LogP contribution in [-0.4, -0.2) is 43.4 Å². The maximum atomic E-state index is 13.8. The lowest BCUT2D eigenvalue weighted by Crippen LogP contribution is -2.26. The van der Waals surface area contributed by atoms with E-state index in [0.717, 1.165) is 0 Å². The van der Waals surface area contributed by atoms with E-state index in [9.17, 15) is 18.4 Å². The molecule has 0 unspecified atom stereocenters. The standard InChI is InChI=1S/C23H20F3N9/c1-12-15(3-4-18(24)31-12)20(17-10-35(34-33-17)23(5-6-23)22(25)26)32-14-7-13(9-27)19-16(8-14)21(28-2)30-11-29-19/h3-4,7-8,10-11,20,22,32H,5-6H2,1-2H3,(H,28,29,30)/t20-/m0/s1. The van der Waals surface area contributed by atoms with E-state index >= 15 is 0 Å². The molecule has 4 aromatic rings. The Morgan fingerprint density at radius 2 is 2.00 bits per heavy atom. The average Bonchev–Trinajstić information content (AvgIpc) is 3.52. The lowest BCUT2D eigenvalue weighted by molar-refractivity contribution is 0.0593. The Balaban J connectivity index is 1.62. The highest BCUT2D eigenvalue weighted by Gasteiger charge is 2.54. The fourth-order valence-corrected chi connectivity index (χ4v) is 4.16. The van der Waals surface area contributed by atoms with Gasteiger partial charge in [-0.1, -0.05) is 11.3 Å². The minimum absolute atomic E-state index is 0.311. The van der Waals surface area contributed by atoms with Crippen LogP contribution in [0, 0.1) is 24.2 Å². The van der Waals surface area contributed by atoms with Crippen LogP contribution >= 0.6 is 0 Å². The number of hydrogen-bond donors (Lipinski definition) is 2. The molecule has 2 N–H and O–H groups in total. The molecule has 1 fully saturated rings. The van der Waals surface area contributed by atoms with Crippen molar-refractivity contribution in [3.63, 3.8) is 0 Å². The molecule has 0 saturated heterocycles. The van der Waals surface area contributed by atoms with Gasteiger partial charge in [0.05, 0.1) is 23.3 Å². The van der Waals surface area contributed by atoms with E-state index in [1.807, 2.05) is 0 Å². The van der Waals surface area contributed by atoms with Gasteiger partial charge in [-0.3, -0.25) is 0 Å². The second-order valence-corrected chi connectivity index (χ2v) is 8.38. The molecule has 0 amide bonds. The summed E-state index contributed by atoms with van der Waals surface area (Å²) in [6.45, 7) is 1.65. The molecule has 0 spiro atoms. The Hall–Kier alpha value is -4.27. The zero-order valence-corrected chi connectivity index (χ0v) is 18.8. The first-order valence-corrected chi connectivity index (χ1v) is 10.8. The summed E-state index contributed by atoms with van der Waals surface area (Å²) in [5.41, 5.74) is 1.30. The van der Waals surface area contributed by atoms with Crippen molar-refractivity contribution in [2.75, 3.05) is 17.7 Å². The molecule has 1 atom stereocenters. The number of nitriles is 1. The molecular formula is C23H20F3N9. The summed E-state index contributed by atoms with van der Waals surface area (Å²) in [6.07, 6.45) is 0.898. The maximum absolute atomic E-state index is 13.8. The van der Waals surface area contributed by atoms with Gasteiger partial charge < -0.3 is 10.6 Å². The number of benzene rings is 1. The number of alkyl halides is 2. The van der Waals surface area contributed by atoms with Crippen molar-refractivity contribution in [2.45, 2.75) is 37.8 Å². The number of rotatable bonds is 7. The number of nitrogens with zero attached hydrogens (tertiary/aromatic N) is 7. The molecule has 178 valence electrons. The van der Waals surface area contributed by atoms with E-state index in [-0.39, 0.29) is 0 Å². The fourth-order valence-electron chi connectivity index (χ4n) is 4.16. The van der Waals surface area contributed by atoms with Crippen molar-refractivity contribution in [1.82, 2.24) is 29.9 Å². The summed E-state index contributed by atoms with van der Waals surface area (Å²) >= 11 is 0. The van der Waals surface area contributed by atoms with Crippen molar-refractivity contribution in [1.29, 1.82) is 5.26 Å². The second-order valence-electron chi connectivity index (χ2n) is 8.38. The molecule has 0 aliphatic heterocycles. The summed E-state index contributed by atoms with van der Waals surface area (Å²) in [7, 11) is 1.71. The number of nitrogens with one attached hydrogen (secondary N) is 2. The molecule has 3 heterocycles. The van der Waals surface area contributed by atoms with E-state index < -0.39 is 24.0 Å². The third-order valence-electron chi connectivity index (χ3n) is 6.24. The molecule has 1 aliphatic carbocycles. The molecule has 3 aromatic heterocycles. The molecule has 1 aromatic carbocycles. The maximum Gasteiger partial charge on any atom is 0.263 e. The van der Waals surface area contributed by atoms with Gasteiger partial charge in [-0.15, -0.1) is 5.10 Å².